The highest BCUT2D eigenvalue weighted by molar-refractivity contribution is 6.31. The second-order valence-electron chi connectivity index (χ2n) is 8.01. The molecule has 1 atom stereocenters. The summed E-state index contributed by atoms with van der Waals surface area (Å²) in [6, 6.07) is 16.0. The lowest BCUT2D eigenvalue weighted by atomic mass is 9.87. The second-order valence-corrected chi connectivity index (χ2v) is 9.01. The monoisotopic (exact) mass is 500 g/mol. The van der Waals surface area contributed by atoms with E-state index in [9.17, 15) is 4.79 Å². The topological polar surface area (TPSA) is 78.5 Å². The molecule has 5 rings (SSSR count). The maximum atomic E-state index is 12.7. The Bertz CT molecular complexity index is 1680. The first-order valence-electron chi connectivity index (χ1n) is 10.6. The van der Waals surface area contributed by atoms with E-state index in [1.165, 1.54) is 10.6 Å². The number of nitrogens with zero attached hydrogens (tertiary/aromatic N) is 6. The Morgan fingerprint density at radius 1 is 1.03 bits per heavy atom. The maximum absolute atomic E-state index is 12.7. The van der Waals surface area contributed by atoms with Gasteiger partial charge in [-0.3, -0.25) is 9.36 Å². The molecule has 5 aromatic rings. The van der Waals surface area contributed by atoms with Crippen molar-refractivity contribution in [3.05, 3.63) is 105 Å². The first kappa shape index (κ1) is 22.8. The summed E-state index contributed by atoms with van der Waals surface area (Å²) in [5, 5.41) is 9.40. The number of aryl methyl sites for hydroxylation is 2. The Labute approximate surface area is 211 Å². The fourth-order valence-corrected chi connectivity index (χ4v) is 4.66. The van der Waals surface area contributed by atoms with E-state index in [1.807, 2.05) is 18.2 Å². The van der Waals surface area contributed by atoms with Gasteiger partial charge in [0.15, 0.2) is 0 Å². The third-order valence-electron chi connectivity index (χ3n) is 5.95. The summed E-state index contributed by atoms with van der Waals surface area (Å²) >= 11 is 13.6. The van der Waals surface area contributed by atoms with Gasteiger partial charge in [0.2, 0.25) is 0 Å². The first-order valence-corrected chi connectivity index (χ1v) is 11.3. The summed E-state index contributed by atoms with van der Waals surface area (Å²) in [5.41, 5.74) is 3.97. The zero-order chi connectivity index (χ0) is 24.7. The van der Waals surface area contributed by atoms with Crippen LogP contribution in [0.2, 0.25) is 5.02 Å². The number of benzene rings is 1. The molecule has 0 bridgehead atoms. The van der Waals surface area contributed by atoms with Gasteiger partial charge in [-0.15, -0.1) is 23.1 Å². The normalized spacial score (nSPS) is 12.9. The maximum Gasteiger partial charge on any atom is 0.252 e. The molecule has 0 radical (unpaired) electrons. The van der Waals surface area contributed by atoms with E-state index >= 15 is 0 Å². The van der Waals surface area contributed by atoms with E-state index in [1.54, 1.807) is 61.5 Å². The lowest BCUT2D eigenvalue weighted by Gasteiger charge is -2.28. The van der Waals surface area contributed by atoms with Crippen molar-refractivity contribution in [2.75, 3.05) is 0 Å². The number of hydrogen-bond donors (Lipinski definition) is 0. The van der Waals surface area contributed by atoms with Gasteiger partial charge in [0.05, 0.1) is 17.6 Å². The van der Waals surface area contributed by atoms with Crippen molar-refractivity contribution in [1.82, 2.24) is 29.5 Å². The van der Waals surface area contributed by atoms with Gasteiger partial charge in [-0.2, -0.15) is 0 Å². The average molecular weight is 501 g/mol. The van der Waals surface area contributed by atoms with Crippen molar-refractivity contribution in [2.24, 2.45) is 14.1 Å². The number of pyridine rings is 3. The molecule has 0 amide bonds. The number of rotatable bonds is 4. The predicted octanol–water partition coefficient (Wildman–Crippen LogP) is 4.29. The predicted molar refractivity (Wildman–Crippen MR) is 136 cm³/mol. The fourth-order valence-electron chi connectivity index (χ4n) is 4.13. The molecular weight excluding hydrogens is 483 g/mol. The Hall–Kier alpha value is -3.99. The smallest absolute Gasteiger partial charge is 0.252 e. The molecule has 0 saturated carbocycles. The van der Waals surface area contributed by atoms with Crippen molar-refractivity contribution in [3.63, 3.8) is 0 Å². The van der Waals surface area contributed by atoms with Gasteiger partial charge in [0.25, 0.3) is 5.56 Å². The highest BCUT2D eigenvalue weighted by Gasteiger charge is 2.38. The Kier molecular flexibility index (Phi) is 5.64. The summed E-state index contributed by atoms with van der Waals surface area (Å²) in [6.45, 7) is 0. The van der Waals surface area contributed by atoms with Gasteiger partial charge >= 0.3 is 0 Å². The summed E-state index contributed by atoms with van der Waals surface area (Å²) in [7, 11) is 3.44. The van der Waals surface area contributed by atoms with Crippen molar-refractivity contribution >= 4 is 34.2 Å². The van der Waals surface area contributed by atoms with Crippen LogP contribution in [0.3, 0.4) is 0 Å². The number of aromatic nitrogens is 6. The van der Waals surface area contributed by atoms with Gasteiger partial charge < -0.3 is 0 Å². The lowest BCUT2D eigenvalue weighted by Crippen LogP contribution is -2.26. The molecule has 0 saturated heterocycles. The van der Waals surface area contributed by atoms with Crippen LogP contribution < -0.4 is 5.56 Å². The molecule has 0 aliphatic carbocycles. The molecule has 0 N–H and O–H groups in total. The molecular formula is C26H18Cl2N6O. The van der Waals surface area contributed by atoms with Crippen molar-refractivity contribution in [3.8, 4) is 23.6 Å². The van der Waals surface area contributed by atoms with Gasteiger partial charge in [0, 0.05) is 47.9 Å². The molecule has 35 heavy (non-hydrogen) atoms. The minimum Gasteiger partial charge on any atom is -0.296 e. The highest BCUT2D eigenvalue weighted by atomic mass is 35.5. The minimum atomic E-state index is -1.19. The summed E-state index contributed by atoms with van der Waals surface area (Å²) < 4.78 is 3.10. The number of alkyl halides is 1. The van der Waals surface area contributed by atoms with Crippen LogP contribution in [0.4, 0.5) is 0 Å². The molecule has 7 nitrogen and oxygen atoms in total. The SMILES string of the molecule is C#Cc1cccc(-c2cc(=O)n(C)c3ncc(C(Cl)(c4ccc(Cl)cc4)c4cnnn4C)cc23)n1. The highest BCUT2D eigenvalue weighted by Crippen LogP contribution is 2.43. The minimum absolute atomic E-state index is 0.216. The Morgan fingerprint density at radius 2 is 1.80 bits per heavy atom. The molecule has 0 aliphatic heterocycles. The van der Waals surface area contributed by atoms with Crippen LogP contribution in [-0.4, -0.2) is 29.5 Å². The summed E-state index contributed by atoms with van der Waals surface area (Å²) in [4.78, 5) is 20.7. The third-order valence-corrected chi connectivity index (χ3v) is 6.84. The summed E-state index contributed by atoms with van der Waals surface area (Å²) in [5.74, 6) is 2.54. The number of terminal acetylenes is 1. The quantitative estimate of drug-likeness (QED) is 0.271. The van der Waals surface area contributed by atoms with Crippen LogP contribution in [0.1, 0.15) is 22.5 Å². The van der Waals surface area contributed by atoms with Crippen LogP contribution >= 0.6 is 23.2 Å². The van der Waals surface area contributed by atoms with E-state index in [0.29, 0.717) is 44.3 Å². The van der Waals surface area contributed by atoms with E-state index in [0.717, 1.165) is 5.56 Å². The largest absolute Gasteiger partial charge is 0.296 e. The third kappa shape index (κ3) is 3.77. The molecule has 0 spiro atoms. The standard InChI is InChI=1S/C26H18Cl2N6O/c1-4-19-6-5-7-22(31-19)20-13-24(35)33(2)25-21(20)12-17(14-29-25)26(28,23-15-30-32-34(23)3)16-8-10-18(27)11-9-16/h1,5-15H,2-3H3. The van der Waals surface area contributed by atoms with Gasteiger partial charge in [-0.05, 0) is 35.9 Å². The van der Waals surface area contributed by atoms with Crippen LogP contribution in [0.25, 0.3) is 22.3 Å². The zero-order valence-electron chi connectivity index (χ0n) is 18.8. The molecule has 1 unspecified atom stereocenters. The van der Waals surface area contributed by atoms with E-state index in [4.69, 9.17) is 29.6 Å². The van der Waals surface area contributed by atoms with Crippen LogP contribution in [0.15, 0.2) is 71.8 Å². The van der Waals surface area contributed by atoms with Gasteiger partial charge in [-0.1, -0.05) is 40.9 Å². The zero-order valence-corrected chi connectivity index (χ0v) is 20.3. The van der Waals surface area contributed by atoms with Crippen molar-refractivity contribution < 1.29 is 0 Å². The molecule has 9 heteroatoms. The second kappa shape index (κ2) is 8.66. The molecule has 4 aromatic heterocycles. The van der Waals surface area contributed by atoms with Crippen molar-refractivity contribution in [1.29, 1.82) is 0 Å². The number of halogens is 2. The average Bonchev–Trinajstić information content (AvgIpc) is 3.32. The van der Waals surface area contributed by atoms with Crippen LogP contribution in [-0.2, 0) is 19.0 Å². The summed E-state index contributed by atoms with van der Waals surface area (Å²) in [6.07, 6.45) is 8.83. The Morgan fingerprint density at radius 3 is 2.49 bits per heavy atom. The first-order chi connectivity index (χ1) is 16.8. The molecule has 4 heterocycles. The molecule has 0 fully saturated rings. The van der Waals surface area contributed by atoms with E-state index in [-0.39, 0.29) is 5.56 Å². The fraction of sp³-hybridized carbons (Fsp3) is 0.115. The molecule has 1 aromatic carbocycles. The van der Waals surface area contributed by atoms with Gasteiger partial charge in [-0.25, -0.2) is 14.6 Å². The molecule has 0 aliphatic rings. The van der Waals surface area contributed by atoms with Crippen LogP contribution in [0.5, 0.6) is 0 Å². The van der Waals surface area contributed by atoms with E-state index in [2.05, 4.69) is 26.2 Å². The molecule has 172 valence electrons. The Balaban J connectivity index is 1.84. The number of fused-ring (bicyclic) bond motifs is 1. The van der Waals surface area contributed by atoms with E-state index < -0.39 is 4.87 Å². The lowest BCUT2D eigenvalue weighted by molar-refractivity contribution is 0.649. The van der Waals surface area contributed by atoms with Gasteiger partial charge in [0.1, 0.15) is 16.2 Å². The van der Waals surface area contributed by atoms with Crippen molar-refractivity contribution in [2.45, 2.75) is 4.87 Å². The number of hydrogen-bond acceptors (Lipinski definition) is 5. The van der Waals surface area contributed by atoms with Crippen LogP contribution in [0, 0.1) is 12.3 Å².